The Labute approximate surface area is 208 Å². The maximum Gasteiger partial charge on any atom is 0.251 e. The molecule has 1 saturated heterocycles. The molecule has 0 spiro atoms. The molecule has 0 aliphatic carbocycles. The van der Waals surface area contributed by atoms with Crippen molar-refractivity contribution in [3.8, 4) is 11.5 Å². The van der Waals surface area contributed by atoms with Crippen molar-refractivity contribution in [1.82, 2.24) is 8.87 Å². The van der Waals surface area contributed by atoms with Crippen LogP contribution in [0.5, 0.6) is 11.5 Å². The molecule has 1 fully saturated rings. The first-order chi connectivity index (χ1) is 16.9. The fourth-order valence-electron chi connectivity index (χ4n) is 4.39. The van der Waals surface area contributed by atoms with Gasteiger partial charge in [0.1, 0.15) is 13.2 Å². The van der Waals surface area contributed by atoms with Crippen molar-refractivity contribution in [3.63, 3.8) is 0 Å². The lowest BCUT2D eigenvalue weighted by Crippen LogP contribution is -2.40. The van der Waals surface area contributed by atoms with Crippen LogP contribution in [0.25, 0.3) is 10.2 Å². The molecule has 0 bridgehead atoms. The summed E-state index contributed by atoms with van der Waals surface area (Å²) < 4.78 is 41.7. The Kier molecular flexibility index (Phi) is 6.52. The topological polar surface area (TPSA) is 90.2 Å². The molecule has 2 aliphatic rings. The molecule has 3 aromatic rings. The summed E-state index contributed by atoms with van der Waals surface area (Å²) in [5.74, 6) is 0.830. The molecule has 8 nitrogen and oxygen atoms in total. The third-order valence-corrected chi connectivity index (χ3v) is 9.28. The molecule has 0 N–H and O–H groups in total. The molecule has 35 heavy (non-hydrogen) atoms. The second-order valence-electron chi connectivity index (χ2n) is 8.69. The average molecular weight is 514 g/mol. The van der Waals surface area contributed by atoms with Gasteiger partial charge in [-0.2, -0.15) is 9.30 Å². The molecule has 0 saturated carbocycles. The molecule has 2 aliphatic heterocycles. The molecular formula is C25H27N3O5S2. The maximum absolute atomic E-state index is 13.1. The number of ether oxygens (including phenoxy) is 2. The highest BCUT2D eigenvalue weighted by Gasteiger charge is 2.32. The second kappa shape index (κ2) is 9.60. The van der Waals surface area contributed by atoms with Crippen LogP contribution in [-0.2, 0) is 21.4 Å². The normalized spacial score (nSPS) is 17.6. The van der Waals surface area contributed by atoms with Crippen LogP contribution < -0.4 is 14.3 Å². The van der Waals surface area contributed by atoms with E-state index < -0.39 is 10.0 Å². The molecule has 0 atom stereocenters. The van der Waals surface area contributed by atoms with Gasteiger partial charge in [-0.05, 0) is 31.9 Å². The number of rotatable bonds is 5. The van der Waals surface area contributed by atoms with Crippen LogP contribution in [0.1, 0.15) is 18.4 Å². The summed E-state index contributed by atoms with van der Waals surface area (Å²) in [6.45, 7) is 7.85. The lowest BCUT2D eigenvalue weighted by atomic mass is 9.98. The number of hydrogen-bond acceptors (Lipinski definition) is 6. The number of thiazole rings is 1. The minimum absolute atomic E-state index is 0.223. The zero-order chi connectivity index (χ0) is 24.6. The number of benzene rings is 2. The smallest absolute Gasteiger partial charge is 0.251 e. The van der Waals surface area contributed by atoms with Crippen LogP contribution in [0.2, 0.25) is 0 Å². The van der Waals surface area contributed by atoms with Gasteiger partial charge in [0.05, 0.1) is 15.1 Å². The van der Waals surface area contributed by atoms with Crippen LogP contribution in [0.4, 0.5) is 0 Å². The number of sulfonamides is 1. The van der Waals surface area contributed by atoms with Gasteiger partial charge in [-0.1, -0.05) is 35.1 Å². The fraction of sp³-hybridized carbons (Fsp3) is 0.360. The van der Waals surface area contributed by atoms with Crippen molar-refractivity contribution in [2.24, 2.45) is 10.9 Å². The molecule has 184 valence electrons. The molecular weight excluding hydrogens is 486 g/mol. The van der Waals surface area contributed by atoms with Crippen LogP contribution in [-0.4, -0.2) is 49.5 Å². The highest BCUT2D eigenvalue weighted by atomic mass is 32.2. The number of allylic oxidation sites excluding steroid dienone is 1. The summed E-state index contributed by atoms with van der Waals surface area (Å²) >= 11 is 1.42. The van der Waals surface area contributed by atoms with Gasteiger partial charge in [0, 0.05) is 37.7 Å². The third kappa shape index (κ3) is 4.65. The van der Waals surface area contributed by atoms with Gasteiger partial charge < -0.3 is 14.0 Å². The number of aryl methyl sites for hydroxylation is 1. The van der Waals surface area contributed by atoms with Crippen molar-refractivity contribution >= 4 is 37.5 Å². The lowest BCUT2D eigenvalue weighted by molar-refractivity contribution is -0.122. The summed E-state index contributed by atoms with van der Waals surface area (Å²) in [5.41, 5.74) is 1.91. The van der Waals surface area contributed by atoms with E-state index in [9.17, 15) is 13.2 Å². The first-order valence-corrected chi connectivity index (χ1v) is 13.8. The highest BCUT2D eigenvalue weighted by molar-refractivity contribution is 7.89. The van der Waals surface area contributed by atoms with Gasteiger partial charge in [-0.3, -0.25) is 4.79 Å². The van der Waals surface area contributed by atoms with Gasteiger partial charge in [-0.15, -0.1) is 6.58 Å². The van der Waals surface area contributed by atoms with Crippen molar-refractivity contribution in [1.29, 1.82) is 0 Å². The van der Waals surface area contributed by atoms with Crippen molar-refractivity contribution < 1.29 is 22.7 Å². The Morgan fingerprint density at radius 3 is 2.46 bits per heavy atom. The van der Waals surface area contributed by atoms with Gasteiger partial charge in [0.2, 0.25) is 10.0 Å². The van der Waals surface area contributed by atoms with E-state index in [1.54, 1.807) is 30.3 Å². The van der Waals surface area contributed by atoms with Crippen molar-refractivity contribution in [2.45, 2.75) is 31.2 Å². The molecule has 10 heteroatoms. The van der Waals surface area contributed by atoms with Crippen LogP contribution >= 0.6 is 11.3 Å². The standard InChI is InChI=1S/C25H27N3O5S2/c1-3-10-28-20-15-21-22(33-14-13-32-21)16-23(20)34-25(28)26-24(29)18-8-11-27(12-9-18)35(30,31)19-6-4-17(2)5-7-19/h3-7,15-16,18H,1,8-14H2,2H3. The van der Waals surface area contributed by atoms with Crippen molar-refractivity contribution in [2.75, 3.05) is 26.3 Å². The summed E-state index contributed by atoms with van der Waals surface area (Å²) in [5, 5.41) is 0. The molecule has 1 aromatic heterocycles. The predicted octanol–water partition coefficient (Wildman–Crippen LogP) is 3.50. The number of carbonyl (C=O) groups is 1. The minimum atomic E-state index is -3.57. The van der Waals surface area contributed by atoms with E-state index in [-0.39, 0.29) is 16.7 Å². The third-order valence-electron chi connectivity index (χ3n) is 6.33. The molecule has 5 rings (SSSR count). The number of piperidine rings is 1. The number of aromatic nitrogens is 1. The largest absolute Gasteiger partial charge is 0.486 e. The Morgan fingerprint density at radius 1 is 1.14 bits per heavy atom. The van der Waals surface area contributed by atoms with E-state index in [4.69, 9.17) is 9.47 Å². The molecule has 0 radical (unpaired) electrons. The zero-order valence-electron chi connectivity index (χ0n) is 19.5. The number of fused-ring (bicyclic) bond motifs is 2. The highest BCUT2D eigenvalue weighted by Crippen LogP contribution is 2.35. The molecule has 2 aromatic carbocycles. The first-order valence-electron chi connectivity index (χ1n) is 11.6. The van der Waals surface area contributed by atoms with Crippen LogP contribution in [0.3, 0.4) is 0 Å². The van der Waals surface area contributed by atoms with Gasteiger partial charge in [-0.25, -0.2) is 8.42 Å². The number of nitrogens with zero attached hydrogens (tertiary/aromatic N) is 3. The fourth-order valence-corrected chi connectivity index (χ4v) is 6.91. The monoisotopic (exact) mass is 513 g/mol. The summed E-state index contributed by atoms with van der Waals surface area (Å²) in [6.07, 6.45) is 2.65. The van der Waals surface area contributed by atoms with E-state index in [0.717, 1.165) is 15.8 Å². The maximum atomic E-state index is 13.1. The second-order valence-corrected chi connectivity index (χ2v) is 11.6. The number of hydrogen-bond donors (Lipinski definition) is 0. The first kappa shape index (κ1) is 23.8. The quantitative estimate of drug-likeness (QED) is 0.487. The van der Waals surface area contributed by atoms with E-state index >= 15 is 0 Å². The van der Waals surface area contributed by atoms with E-state index in [2.05, 4.69) is 11.6 Å². The van der Waals surface area contributed by atoms with Gasteiger partial charge in [0.25, 0.3) is 5.91 Å². The zero-order valence-corrected chi connectivity index (χ0v) is 21.1. The lowest BCUT2D eigenvalue weighted by Gasteiger charge is -2.29. The molecule has 3 heterocycles. The van der Waals surface area contributed by atoms with Crippen LogP contribution in [0, 0.1) is 12.8 Å². The Morgan fingerprint density at radius 2 is 1.80 bits per heavy atom. The summed E-state index contributed by atoms with van der Waals surface area (Å²) in [4.78, 5) is 18.4. The van der Waals surface area contributed by atoms with Crippen LogP contribution in [0.15, 0.2) is 58.9 Å². The SMILES string of the molecule is C=CCn1c(=NC(=O)C2CCN(S(=O)(=O)c3ccc(C)cc3)CC2)sc2cc3c(cc21)OCCO3. The average Bonchev–Trinajstić information content (AvgIpc) is 3.18. The Balaban J connectivity index is 1.37. The van der Waals surface area contributed by atoms with Gasteiger partial charge in [0.15, 0.2) is 16.3 Å². The molecule has 1 amide bonds. The number of carbonyl (C=O) groups excluding carboxylic acids is 1. The van der Waals surface area contributed by atoms with E-state index in [0.29, 0.717) is 62.0 Å². The van der Waals surface area contributed by atoms with Crippen molar-refractivity contribution in [3.05, 3.63) is 59.4 Å². The van der Waals surface area contributed by atoms with E-state index in [1.165, 1.54) is 15.6 Å². The Hall–Kier alpha value is -2.95. The Bertz CT molecular complexity index is 1450. The molecule has 0 unspecified atom stereocenters. The minimum Gasteiger partial charge on any atom is -0.486 e. The summed E-state index contributed by atoms with van der Waals surface area (Å²) in [6, 6.07) is 10.7. The number of amides is 1. The summed E-state index contributed by atoms with van der Waals surface area (Å²) in [7, 11) is -3.57. The van der Waals surface area contributed by atoms with E-state index in [1.807, 2.05) is 23.6 Å². The van der Waals surface area contributed by atoms with Gasteiger partial charge >= 0.3 is 0 Å². The predicted molar refractivity (Wildman–Crippen MR) is 134 cm³/mol.